The van der Waals surface area contributed by atoms with Crippen LogP contribution < -0.4 is 5.73 Å². The Morgan fingerprint density at radius 3 is 1.77 bits per heavy atom. The van der Waals surface area contributed by atoms with Gasteiger partial charge in [-0.3, -0.25) is 4.90 Å². The van der Waals surface area contributed by atoms with E-state index in [0.717, 1.165) is 13.0 Å². The highest BCUT2D eigenvalue weighted by Gasteiger charge is 2.39. The Morgan fingerprint density at radius 1 is 0.769 bits per heavy atom. The molecular weight excluding hydrogens is 316 g/mol. The summed E-state index contributed by atoms with van der Waals surface area (Å²) in [6.07, 6.45) is 1.14. The van der Waals surface area contributed by atoms with Crippen molar-refractivity contribution in [1.29, 1.82) is 0 Å². The van der Waals surface area contributed by atoms with E-state index in [1.807, 2.05) is 0 Å². The summed E-state index contributed by atoms with van der Waals surface area (Å²) in [5, 5.41) is 0. The molecule has 26 heavy (non-hydrogen) atoms. The maximum atomic E-state index is 6.69. The fourth-order valence-electron chi connectivity index (χ4n) is 3.99. The van der Waals surface area contributed by atoms with Gasteiger partial charge >= 0.3 is 0 Å². The first-order valence-electron chi connectivity index (χ1n) is 9.42. The first-order chi connectivity index (χ1) is 12.7. The van der Waals surface area contributed by atoms with Crippen LogP contribution >= 0.6 is 0 Å². The maximum Gasteiger partial charge on any atom is 0.0604 e. The van der Waals surface area contributed by atoms with Crippen molar-refractivity contribution in [3.8, 4) is 0 Å². The molecule has 3 aromatic carbocycles. The van der Waals surface area contributed by atoms with Gasteiger partial charge < -0.3 is 5.73 Å². The molecule has 1 aliphatic heterocycles. The fourth-order valence-corrected chi connectivity index (χ4v) is 3.99. The van der Waals surface area contributed by atoms with Crippen LogP contribution in [0.1, 0.15) is 40.8 Å². The van der Waals surface area contributed by atoms with E-state index < -0.39 is 0 Å². The van der Waals surface area contributed by atoms with Crippen molar-refractivity contribution in [3.63, 3.8) is 0 Å². The first-order valence-corrected chi connectivity index (χ1v) is 9.42. The summed E-state index contributed by atoms with van der Waals surface area (Å²) in [6.45, 7) is 3.20. The second-order valence-electron chi connectivity index (χ2n) is 7.25. The molecule has 0 aromatic heterocycles. The van der Waals surface area contributed by atoms with Gasteiger partial charge in [0.1, 0.15) is 0 Å². The highest BCUT2D eigenvalue weighted by atomic mass is 15.3. The number of hydrogen-bond donors (Lipinski definition) is 1. The largest absolute Gasteiger partial charge is 0.323 e. The third-order valence-electron chi connectivity index (χ3n) is 5.55. The molecule has 2 N–H and O–H groups in total. The van der Waals surface area contributed by atoms with E-state index in [4.69, 9.17) is 5.73 Å². The van der Waals surface area contributed by atoms with Gasteiger partial charge in [-0.05, 0) is 30.0 Å². The van der Waals surface area contributed by atoms with Gasteiger partial charge in [0.05, 0.1) is 6.04 Å². The predicted molar refractivity (Wildman–Crippen MR) is 108 cm³/mol. The lowest BCUT2D eigenvalue weighted by Gasteiger charge is -2.49. The number of rotatable bonds is 5. The highest BCUT2D eigenvalue weighted by Crippen LogP contribution is 2.39. The summed E-state index contributed by atoms with van der Waals surface area (Å²) >= 11 is 0. The van der Waals surface area contributed by atoms with Crippen LogP contribution in [0.4, 0.5) is 0 Å². The standard InChI is InChI=1S/C24H26N2/c1-18-12-14-19(15-13-18)23(25)22-16-17-26(22)24(20-8-4-2-5-9-20)21-10-6-3-7-11-21/h2-15,22-24H,16-17,25H2,1H3/t22?,23-/m1/s1. The zero-order chi connectivity index (χ0) is 17.9. The molecule has 0 bridgehead atoms. The first kappa shape index (κ1) is 17.0. The topological polar surface area (TPSA) is 29.3 Å². The number of nitrogens with zero attached hydrogens (tertiary/aromatic N) is 1. The molecule has 2 atom stereocenters. The maximum absolute atomic E-state index is 6.69. The van der Waals surface area contributed by atoms with Gasteiger partial charge in [-0.15, -0.1) is 0 Å². The monoisotopic (exact) mass is 342 g/mol. The molecule has 0 amide bonds. The molecular formula is C24H26N2. The lowest BCUT2D eigenvalue weighted by atomic mass is 9.85. The Bertz CT molecular complexity index is 788. The number of likely N-dealkylation sites (tertiary alicyclic amines) is 1. The number of nitrogens with two attached hydrogens (primary N) is 1. The Hall–Kier alpha value is -2.42. The Kier molecular flexibility index (Phi) is 4.87. The van der Waals surface area contributed by atoms with Gasteiger partial charge in [0.25, 0.3) is 0 Å². The zero-order valence-electron chi connectivity index (χ0n) is 15.3. The van der Waals surface area contributed by atoms with Crippen LogP contribution in [0.15, 0.2) is 84.9 Å². The van der Waals surface area contributed by atoms with Crippen molar-refractivity contribution in [2.24, 2.45) is 5.73 Å². The summed E-state index contributed by atoms with van der Waals surface area (Å²) in [5.41, 5.74) is 11.9. The van der Waals surface area contributed by atoms with Gasteiger partial charge in [-0.2, -0.15) is 0 Å². The van der Waals surface area contributed by atoms with Crippen LogP contribution in [-0.4, -0.2) is 17.5 Å². The quantitative estimate of drug-likeness (QED) is 0.717. The van der Waals surface area contributed by atoms with E-state index in [1.54, 1.807) is 0 Å². The van der Waals surface area contributed by atoms with E-state index in [-0.39, 0.29) is 12.1 Å². The molecule has 1 fully saturated rings. The second-order valence-corrected chi connectivity index (χ2v) is 7.25. The zero-order valence-corrected chi connectivity index (χ0v) is 15.3. The molecule has 1 aliphatic rings. The third kappa shape index (κ3) is 3.31. The van der Waals surface area contributed by atoms with Crippen molar-refractivity contribution in [3.05, 3.63) is 107 Å². The Balaban J connectivity index is 1.65. The van der Waals surface area contributed by atoms with Gasteiger partial charge in [-0.1, -0.05) is 90.5 Å². The molecule has 2 nitrogen and oxygen atoms in total. The smallest absolute Gasteiger partial charge is 0.0604 e. The SMILES string of the molecule is Cc1ccc([C@@H](N)C2CCN2C(c2ccccc2)c2ccccc2)cc1. The third-order valence-corrected chi connectivity index (χ3v) is 5.55. The fraction of sp³-hybridized carbons (Fsp3) is 0.250. The summed E-state index contributed by atoms with van der Waals surface area (Å²) in [6, 6.07) is 30.9. The highest BCUT2D eigenvalue weighted by molar-refractivity contribution is 5.34. The van der Waals surface area contributed by atoms with E-state index in [9.17, 15) is 0 Å². The van der Waals surface area contributed by atoms with Crippen LogP contribution in [0.3, 0.4) is 0 Å². The summed E-state index contributed by atoms with van der Waals surface area (Å²) in [4.78, 5) is 2.56. The molecule has 1 heterocycles. The van der Waals surface area contributed by atoms with E-state index >= 15 is 0 Å². The summed E-state index contributed by atoms with van der Waals surface area (Å²) in [5.74, 6) is 0. The normalized spacial score (nSPS) is 18.5. The second kappa shape index (κ2) is 7.45. The Morgan fingerprint density at radius 2 is 1.31 bits per heavy atom. The van der Waals surface area contributed by atoms with Gasteiger partial charge in [-0.25, -0.2) is 0 Å². The van der Waals surface area contributed by atoms with Crippen LogP contribution in [0.25, 0.3) is 0 Å². The van der Waals surface area contributed by atoms with Crippen molar-refractivity contribution < 1.29 is 0 Å². The number of aryl methyl sites for hydroxylation is 1. The molecule has 0 radical (unpaired) electrons. The molecule has 132 valence electrons. The number of benzene rings is 3. The van der Waals surface area contributed by atoms with Crippen molar-refractivity contribution in [2.45, 2.75) is 31.5 Å². The summed E-state index contributed by atoms with van der Waals surface area (Å²) < 4.78 is 0. The van der Waals surface area contributed by atoms with Crippen molar-refractivity contribution >= 4 is 0 Å². The van der Waals surface area contributed by atoms with E-state index in [0.29, 0.717) is 6.04 Å². The van der Waals surface area contributed by atoms with Crippen LogP contribution in [0.2, 0.25) is 0 Å². The van der Waals surface area contributed by atoms with Crippen LogP contribution in [0, 0.1) is 6.92 Å². The molecule has 1 unspecified atom stereocenters. The van der Waals surface area contributed by atoms with Gasteiger partial charge in [0, 0.05) is 18.6 Å². The van der Waals surface area contributed by atoms with E-state index in [1.165, 1.54) is 22.3 Å². The minimum Gasteiger partial charge on any atom is -0.323 e. The molecule has 2 heteroatoms. The predicted octanol–water partition coefficient (Wildman–Crippen LogP) is 4.86. The minimum absolute atomic E-state index is 0.0410. The van der Waals surface area contributed by atoms with E-state index in [2.05, 4.69) is 96.8 Å². The molecule has 0 saturated carbocycles. The average molecular weight is 342 g/mol. The lowest BCUT2D eigenvalue weighted by molar-refractivity contribution is 0.0392. The summed E-state index contributed by atoms with van der Waals surface area (Å²) in [7, 11) is 0. The average Bonchev–Trinajstić information content (AvgIpc) is 2.67. The van der Waals surface area contributed by atoms with Crippen molar-refractivity contribution in [2.75, 3.05) is 6.54 Å². The van der Waals surface area contributed by atoms with Crippen molar-refractivity contribution in [1.82, 2.24) is 4.90 Å². The van der Waals surface area contributed by atoms with Gasteiger partial charge in [0.2, 0.25) is 0 Å². The van der Waals surface area contributed by atoms with Crippen LogP contribution in [0.5, 0.6) is 0 Å². The molecule has 3 aromatic rings. The molecule has 4 rings (SSSR count). The van der Waals surface area contributed by atoms with Crippen LogP contribution in [-0.2, 0) is 0 Å². The van der Waals surface area contributed by atoms with Gasteiger partial charge in [0.15, 0.2) is 0 Å². The lowest BCUT2D eigenvalue weighted by Crippen LogP contribution is -2.54. The Labute approximate surface area is 156 Å². The molecule has 0 spiro atoms. The molecule has 0 aliphatic carbocycles. The minimum atomic E-state index is 0.0410. The number of hydrogen-bond acceptors (Lipinski definition) is 2. The molecule has 1 saturated heterocycles.